The number of methoxy groups -OCH3 is 1. The van der Waals surface area contributed by atoms with E-state index in [1.54, 1.807) is 30.0 Å². The average Bonchev–Trinajstić information content (AvgIpc) is 3.02. The molecule has 1 aliphatic rings. The Hall–Kier alpha value is -2.93. The van der Waals surface area contributed by atoms with Crippen molar-refractivity contribution in [1.82, 2.24) is 9.78 Å². The number of aromatic carboxylic acids is 1. The van der Waals surface area contributed by atoms with E-state index in [-0.39, 0.29) is 11.4 Å². The van der Waals surface area contributed by atoms with Crippen LogP contribution in [-0.2, 0) is 16.6 Å². The van der Waals surface area contributed by atoms with Crippen LogP contribution in [0.25, 0.3) is 16.9 Å². The summed E-state index contributed by atoms with van der Waals surface area (Å²) in [5.41, 5.74) is 2.58. The Bertz CT molecular complexity index is 1010. The van der Waals surface area contributed by atoms with Gasteiger partial charge in [0.1, 0.15) is 5.75 Å². The van der Waals surface area contributed by atoms with Crippen LogP contribution in [0.5, 0.6) is 5.75 Å². The molecule has 1 unspecified atom stereocenters. The highest BCUT2D eigenvalue weighted by atomic mass is 32.2. The molecule has 2 heterocycles. The molecular formula is C18H14N2O4S. The minimum absolute atomic E-state index is 0.0614. The lowest BCUT2D eigenvalue weighted by molar-refractivity contribution is 0.0689. The van der Waals surface area contributed by atoms with Gasteiger partial charge < -0.3 is 9.84 Å². The summed E-state index contributed by atoms with van der Waals surface area (Å²) in [6, 6.07) is 14.5. The van der Waals surface area contributed by atoms with Crippen LogP contribution < -0.4 is 4.74 Å². The van der Waals surface area contributed by atoms with Gasteiger partial charge >= 0.3 is 5.97 Å². The van der Waals surface area contributed by atoms with Crippen LogP contribution in [0.3, 0.4) is 0 Å². The maximum absolute atomic E-state index is 12.5. The van der Waals surface area contributed by atoms with Gasteiger partial charge in [0.05, 0.1) is 35.0 Å². The number of carboxylic acids is 1. The largest absolute Gasteiger partial charge is 0.497 e. The summed E-state index contributed by atoms with van der Waals surface area (Å²) in [6.07, 6.45) is 0. The van der Waals surface area contributed by atoms with Gasteiger partial charge in [0.15, 0.2) is 5.69 Å². The number of carboxylic acid groups (broad SMARTS) is 1. The van der Waals surface area contributed by atoms with Crippen molar-refractivity contribution in [3.8, 4) is 22.7 Å². The Labute approximate surface area is 146 Å². The molecule has 0 saturated carbocycles. The summed E-state index contributed by atoms with van der Waals surface area (Å²) >= 11 is 0. The summed E-state index contributed by atoms with van der Waals surface area (Å²) in [6.45, 7) is 0. The van der Waals surface area contributed by atoms with Gasteiger partial charge in [-0.05, 0) is 30.3 Å². The van der Waals surface area contributed by atoms with Crippen molar-refractivity contribution in [2.45, 2.75) is 10.6 Å². The van der Waals surface area contributed by atoms with Crippen molar-refractivity contribution in [2.24, 2.45) is 0 Å². The summed E-state index contributed by atoms with van der Waals surface area (Å²) in [7, 11) is 0.294. The molecule has 4 rings (SSSR count). The lowest BCUT2D eigenvalue weighted by atomic mass is 10.1. The van der Waals surface area contributed by atoms with Crippen molar-refractivity contribution in [3.63, 3.8) is 0 Å². The molecule has 3 aromatic rings. The highest BCUT2D eigenvalue weighted by molar-refractivity contribution is 7.84. The first-order valence-corrected chi connectivity index (χ1v) is 8.89. The second-order valence-corrected chi connectivity index (χ2v) is 7.00. The van der Waals surface area contributed by atoms with Gasteiger partial charge in [-0.15, -0.1) is 0 Å². The van der Waals surface area contributed by atoms with Crippen LogP contribution in [0.4, 0.5) is 0 Å². The second-order valence-electron chi connectivity index (χ2n) is 5.58. The monoisotopic (exact) mass is 354 g/mol. The number of benzene rings is 2. The number of carbonyl (C=O) groups is 1. The molecule has 25 heavy (non-hydrogen) atoms. The highest BCUT2D eigenvalue weighted by Crippen LogP contribution is 2.39. The van der Waals surface area contributed by atoms with E-state index >= 15 is 0 Å². The highest BCUT2D eigenvalue weighted by Gasteiger charge is 2.31. The molecule has 0 saturated heterocycles. The van der Waals surface area contributed by atoms with Crippen LogP contribution in [0.15, 0.2) is 53.4 Å². The normalized spacial score (nSPS) is 15.3. The Morgan fingerprint density at radius 3 is 2.60 bits per heavy atom. The van der Waals surface area contributed by atoms with Gasteiger partial charge in [0, 0.05) is 16.0 Å². The fourth-order valence-corrected chi connectivity index (χ4v) is 4.35. The third-order valence-corrected chi connectivity index (χ3v) is 5.56. The predicted molar refractivity (Wildman–Crippen MR) is 92.6 cm³/mol. The van der Waals surface area contributed by atoms with Gasteiger partial charge in [0.2, 0.25) is 0 Å². The second kappa shape index (κ2) is 5.86. The maximum Gasteiger partial charge on any atom is 0.356 e. The Balaban J connectivity index is 2.00. The smallest absolute Gasteiger partial charge is 0.356 e. The number of hydrogen-bond acceptors (Lipinski definition) is 4. The zero-order valence-electron chi connectivity index (χ0n) is 13.3. The van der Waals surface area contributed by atoms with Crippen molar-refractivity contribution in [3.05, 3.63) is 59.8 Å². The van der Waals surface area contributed by atoms with Crippen LogP contribution in [-0.4, -0.2) is 32.2 Å². The van der Waals surface area contributed by atoms with Gasteiger partial charge in [0.25, 0.3) is 0 Å². The molecule has 0 aliphatic carbocycles. The number of hydrogen-bond donors (Lipinski definition) is 1. The van der Waals surface area contributed by atoms with Crippen molar-refractivity contribution >= 4 is 16.8 Å². The third-order valence-electron chi connectivity index (χ3n) is 4.17. The van der Waals surface area contributed by atoms with Gasteiger partial charge in [-0.2, -0.15) is 5.10 Å². The quantitative estimate of drug-likeness (QED) is 0.782. The zero-order valence-corrected chi connectivity index (χ0v) is 14.1. The molecule has 0 spiro atoms. The molecule has 0 amide bonds. The Morgan fingerprint density at radius 2 is 1.92 bits per heavy atom. The minimum atomic E-state index is -1.29. The van der Waals surface area contributed by atoms with Crippen LogP contribution >= 0.6 is 0 Å². The fraction of sp³-hybridized carbons (Fsp3) is 0.111. The average molecular weight is 354 g/mol. The molecule has 0 radical (unpaired) electrons. The van der Waals surface area contributed by atoms with Crippen LogP contribution in [0.1, 0.15) is 16.1 Å². The van der Waals surface area contributed by atoms with Crippen LogP contribution in [0, 0.1) is 0 Å². The minimum Gasteiger partial charge on any atom is -0.497 e. The van der Waals surface area contributed by atoms with E-state index in [4.69, 9.17) is 4.74 Å². The topological polar surface area (TPSA) is 81.4 Å². The fourth-order valence-electron chi connectivity index (χ4n) is 3.02. The van der Waals surface area contributed by atoms with E-state index in [1.165, 1.54) is 0 Å². The molecule has 0 fully saturated rings. The first kappa shape index (κ1) is 15.6. The standard InChI is InChI=1S/C18H14N2O4S/c1-24-12-8-6-11(7-9-12)20-17-13-4-2-3-5-15(13)25(23)10-14(17)16(19-20)18(21)22/h2-9H,10H2,1H3,(H,21,22). The molecule has 1 N–H and O–H groups in total. The molecule has 1 aromatic heterocycles. The van der Waals surface area contributed by atoms with Crippen molar-refractivity contribution < 1.29 is 18.8 Å². The van der Waals surface area contributed by atoms with Gasteiger partial charge in [-0.1, -0.05) is 18.2 Å². The van der Waals surface area contributed by atoms with Crippen molar-refractivity contribution in [2.75, 3.05) is 7.11 Å². The van der Waals surface area contributed by atoms with E-state index in [2.05, 4.69) is 5.10 Å². The SMILES string of the molecule is COc1ccc(-n2nc(C(=O)O)c3c2-c2ccccc2S(=O)C3)cc1. The van der Waals surface area contributed by atoms with Gasteiger partial charge in [-0.3, -0.25) is 4.21 Å². The van der Waals surface area contributed by atoms with E-state index in [9.17, 15) is 14.1 Å². The summed E-state index contributed by atoms with van der Waals surface area (Å²) in [5, 5.41) is 13.8. The van der Waals surface area contributed by atoms with E-state index in [1.807, 2.05) is 30.3 Å². The van der Waals surface area contributed by atoms with E-state index in [0.717, 1.165) is 5.56 Å². The molecule has 126 valence electrons. The van der Waals surface area contributed by atoms with E-state index in [0.29, 0.717) is 27.6 Å². The first-order valence-electron chi connectivity index (χ1n) is 7.57. The Kier molecular flexibility index (Phi) is 3.65. The number of rotatable bonds is 3. The third kappa shape index (κ3) is 2.44. The summed E-state index contributed by atoms with van der Waals surface area (Å²) in [5.74, 6) is -0.283. The molecule has 1 aliphatic heterocycles. The van der Waals surface area contributed by atoms with Crippen LogP contribution in [0.2, 0.25) is 0 Å². The molecule has 6 nitrogen and oxygen atoms in total. The molecule has 1 atom stereocenters. The number of fused-ring (bicyclic) bond motifs is 3. The zero-order chi connectivity index (χ0) is 17.6. The van der Waals surface area contributed by atoms with E-state index < -0.39 is 16.8 Å². The predicted octanol–water partition coefficient (Wildman–Crippen LogP) is 2.87. The lowest BCUT2D eigenvalue weighted by Crippen LogP contribution is -2.10. The molecular weight excluding hydrogens is 340 g/mol. The Morgan fingerprint density at radius 1 is 1.20 bits per heavy atom. The maximum atomic E-state index is 12.5. The number of ether oxygens (including phenoxy) is 1. The summed E-state index contributed by atoms with van der Waals surface area (Å²) < 4.78 is 19.3. The molecule has 7 heteroatoms. The molecule has 2 aromatic carbocycles. The number of aromatic nitrogens is 2. The van der Waals surface area contributed by atoms with Crippen molar-refractivity contribution in [1.29, 1.82) is 0 Å². The summed E-state index contributed by atoms with van der Waals surface area (Å²) in [4.78, 5) is 12.3. The molecule has 0 bridgehead atoms. The lowest BCUT2D eigenvalue weighted by Gasteiger charge is -2.18. The number of nitrogens with zero attached hydrogens (tertiary/aromatic N) is 2. The first-order chi connectivity index (χ1) is 12.1. The van der Waals surface area contributed by atoms with Gasteiger partial charge in [-0.25, -0.2) is 9.48 Å².